The average molecular weight is 646 g/mol. The highest BCUT2D eigenvalue weighted by molar-refractivity contribution is 6.35. The van der Waals surface area contributed by atoms with Gasteiger partial charge in [-0.25, -0.2) is 17.9 Å². The summed E-state index contributed by atoms with van der Waals surface area (Å²) in [5, 5.41) is 43.5. The summed E-state index contributed by atoms with van der Waals surface area (Å²) >= 11 is 12.5. The van der Waals surface area contributed by atoms with E-state index in [1.807, 2.05) is 0 Å². The summed E-state index contributed by atoms with van der Waals surface area (Å²) in [6.07, 6.45) is -4.91. The SMILES string of the molecule is CO[C@@H]1[C@@H](n2cc(-c3cc(F)c(F)c(F)c3)nn2)[C@@H](O)[C@@H](CO)O[C@H]1C(=O)N(c1cc(Cl)cc(Cl)c1)[C@H]1CCNC[C@@H]1O. The minimum Gasteiger partial charge on any atom is -0.394 e. The summed E-state index contributed by atoms with van der Waals surface area (Å²) in [6.45, 7) is -0.00633. The van der Waals surface area contributed by atoms with Crippen molar-refractivity contribution in [3.63, 3.8) is 0 Å². The van der Waals surface area contributed by atoms with E-state index in [9.17, 15) is 33.3 Å². The van der Waals surface area contributed by atoms with Gasteiger partial charge < -0.3 is 35.0 Å². The Morgan fingerprint density at radius 3 is 2.44 bits per heavy atom. The molecule has 3 heterocycles. The first-order chi connectivity index (χ1) is 20.5. The smallest absolute Gasteiger partial charge is 0.259 e. The normalized spacial score (nSPS) is 27.7. The van der Waals surface area contributed by atoms with E-state index >= 15 is 0 Å². The molecule has 3 aromatic rings. The number of piperidine rings is 1. The minimum absolute atomic E-state index is 0.0669. The topological polar surface area (TPSA) is 142 Å². The zero-order valence-electron chi connectivity index (χ0n) is 22.6. The van der Waals surface area contributed by atoms with Crippen LogP contribution >= 0.6 is 23.2 Å². The fourth-order valence-electron chi connectivity index (χ4n) is 5.54. The zero-order valence-corrected chi connectivity index (χ0v) is 24.1. The molecule has 1 amide bonds. The highest BCUT2D eigenvalue weighted by Gasteiger charge is 2.52. The van der Waals surface area contributed by atoms with Crippen LogP contribution in [0.1, 0.15) is 12.5 Å². The number of halogens is 5. The molecule has 0 radical (unpaired) electrons. The molecule has 2 aromatic carbocycles. The first kappa shape index (κ1) is 31.6. The number of anilines is 1. The van der Waals surface area contributed by atoms with Crippen molar-refractivity contribution in [2.24, 2.45) is 0 Å². The van der Waals surface area contributed by atoms with E-state index < -0.39 is 72.6 Å². The quantitative estimate of drug-likeness (QED) is 0.284. The molecule has 0 aliphatic carbocycles. The zero-order chi connectivity index (χ0) is 31.0. The van der Waals surface area contributed by atoms with Crippen molar-refractivity contribution in [3.8, 4) is 11.3 Å². The number of ether oxygens (including phenoxy) is 2. The molecule has 11 nitrogen and oxygen atoms in total. The first-order valence-electron chi connectivity index (χ1n) is 13.3. The van der Waals surface area contributed by atoms with Crippen LogP contribution in [-0.2, 0) is 14.3 Å². The van der Waals surface area contributed by atoms with Gasteiger partial charge in [0, 0.05) is 35.0 Å². The lowest BCUT2D eigenvalue weighted by Gasteiger charge is -2.46. The molecule has 0 unspecified atom stereocenters. The van der Waals surface area contributed by atoms with Crippen molar-refractivity contribution in [3.05, 3.63) is 64.0 Å². The van der Waals surface area contributed by atoms with Gasteiger partial charge in [0.15, 0.2) is 23.6 Å². The van der Waals surface area contributed by atoms with E-state index in [0.29, 0.717) is 13.0 Å². The van der Waals surface area contributed by atoms with Gasteiger partial charge in [-0.05, 0) is 43.3 Å². The van der Waals surface area contributed by atoms with Crippen LogP contribution < -0.4 is 10.2 Å². The van der Waals surface area contributed by atoms with E-state index in [4.69, 9.17) is 32.7 Å². The third kappa shape index (κ3) is 6.24. The molecule has 4 N–H and O–H groups in total. The van der Waals surface area contributed by atoms with E-state index in [1.54, 1.807) is 0 Å². The number of β-amino-alcohol motifs (C(OH)–C–C–N with tert-alkyl or cyclic N) is 1. The number of amides is 1. The lowest BCUT2D eigenvalue weighted by Crippen LogP contribution is -2.64. The number of nitrogens with one attached hydrogen (secondary N) is 1. The number of benzene rings is 2. The van der Waals surface area contributed by atoms with Gasteiger partial charge in [0.2, 0.25) is 0 Å². The van der Waals surface area contributed by atoms with Gasteiger partial charge in [-0.2, -0.15) is 0 Å². The molecule has 232 valence electrons. The molecule has 2 aliphatic rings. The maximum atomic E-state index is 14.4. The number of hydrogen-bond acceptors (Lipinski definition) is 9. The Balaban J connectivity index is 1.55. The summed E-state index contributed by atoms with van der Waals surface area (Å²) in [6, 6.07) is 4.03. The number of carbonyl (C=O) groups excluding carboxylic acids is 1. The van der Waals surface area contributed by atoms with Gasteiger partial charge in [0.05, 0.1) is 24.9 Å². The van der Waals surface area contributed by atoms with E-state index in [2.05, 4.69) is 15.6 Å². The molecule has 0 spiro atoms. The van der Waals surface area contributed by atoms with Crippen LogP contribution in [0.25, 0.3) is 11.3 Å². The average Bonchev–Trinajstić information content (AvgIpc) is 3.45. The molecule has 2 fully saturated rings. The van der Waals surface area contributed by atoms with E-state index in [-0.39, 0.29) is 33.5 Å². The minimum atomic E-state index is -1.65. The van der Waals surface area contributed by atoms with Gasteiger partial charge in [-0.15, -0.1) is 5.10 Å². The van der Waals surface area contributed by atoms with Crippen LogP contribution in [0.4, 0.5) is 18.9 Å². The van der Waals surface area contributed by atoms with Gasteiger partial charge in [0.1, 0.15) is 30.0 Å². The summed E-state index contributed by atoms with van der Waals surface area (Å²) in [7, 11) is 1.27. The number of nitrogens with zero attached hydrogens (tertiary/aromatic N) is 4. The fraction of sp³-hybridized carbons (Fsp3) is 0.444. The monoisotopic (exact) mass is 645 g/mol. The Kier molecular flexibility index (Phi) is 9.58. The molecule has 1 aromatic heterocycles. The highest BCUT2D eigenvalue weighted by Crippen LogP contribution is 2.36. The third-order valence-corrected chi connectivity index (χ3v) is 8.02. The summed E-state index contributed by atoms with van der Waals surface area (Å²) < 4.78 is 54.0. The molecule has 7 atom stereocenters. The fourth-order valence-corrected chi connectivity index (χ4v) is 6.06. The maximum Gasteiger partial charge on any atom is 0.259 e. The molecular formula is C27H28Cl2F3N5O6. The van der Waals surface area contributed by atoms with Crippen LogP contribution in [0.5, 0.6) is 0 Å². The molecule has 0 saturated carbocycles. The predicted octanol–water partition coefficient (Wildman–Crippen LogP) is 2.10. The second-order valence-electron chi connectivity index (χ2n) is 10.3. The van der Waals surface area contributed by atoms with Crippen LogP contribution in [0, 0.1) is 17.5 Å². The van der Waals surface area contributed by atoms with E-state index in [1.165, 1.54) is 36.4 Å². The summed E-state index contributed by atoms with van der Waals surface area (Å²) in [5.74, 6) is -5.20. The molecule has 2 aliphatic heterocycles. The number of rotatable bonds is 7. The molecule has 43 heavy (non-hydrogen) atoms. The number of hydrogen-bond donors (Lipinski definition) is 4. The van der Waals surface area contributed by atoms with Crippen LogP contribution in [0.3, 0.4) is 0 Å². The molecule has 16 heteroatoms. The van der Waals surface area contributed by atoms with Gasteiger partial charge >= 0.3 is 0 Å². The van der Waals surface area contributed by atoms with Crippen molar-refractivity contribution in [2.75, 3.05) is 31.7 Å². The Morgan fingerprint density at radius 2 is 1.84 bits per heavy atom. The van der Waals surface area contributed by atoms with Crippen LogP contribution in [-0.4, -0.2) is 99.6 Å². The number of carbonyl (C=O) groups is 1. The lowest BCUT2D eigenvalue weighted by atomic mass is 9.90. The highest BCUT2D eigenvalue weighted by atomic mass is 35.5. The molecular weight excluding hydrogens is 618 g/mol. The Morgan fingerprint density at radius 1 is 1.16 bits per heavy atom. The first-order valence-corrected chi connectivity index (χ1v) is 14.0. The summed E-state index contributed by atoms with van der Waals surface area (Å²) in [5.41, 5.74) is 0.0785. The molecule has 0 bridgehead atoms. The number of aliphatic hydroxyl groups excluding tert-OH is 3. The van der Waals surface area contributed by atoms with Crippen molar-refractivity contribution in [2.45, 2.75) is 49.0 Å². The number of aliphatic hydroxyl groups is 3. The van der Waals surface area contributed by atoms with Gasteiger partial charge in [-0.1, -0.05) is 28.4 Å². The number of methoxy groups -OCH3 is 1. The van der Waals surface area contributed by atoms with Crippen LogP contribution in [0.2, 0.25) is 10.0 Å². The van der Waals surface area contributed by atoms with Gasteiger partial charge in [-0.3, -0.25) is 4.79 Å². The van der Waals surface area contributed by atoms with Crippen molar-refractivity contribution in [1.82, 2.24) is 20.3 Å². The van der Waals surface area contributed by atoms with Gasteiger partial charge in [0.25, 0.3) is 5.91 Å². The van der Waals surface area contributed by atoms with Crippen molar-refractivity contribution >= 4 is 34.8 Å². The predicted molar refractivity (Wildman–Crippen MR) is 148 cm³/mol. The largest absolute Gasteiger partial charge is 0.394 e. The third-order valence-electron chi connectivity index (χ3n) is 7.59. The van der Waals surface area contributed by atoms with E-state index in [0.717, 1.165) is 16.8 Å². The van der Waals surface area contributed by atoms with Crippen LogP contribution in [0.15, 0.2) is 36.5 Å². The Labute approximate surface area is 253 Å². The second-order valence-corrected chi connectivity index (χ2v) is 11.1. The standard InChI is InChI=1S/C27H28Cl2F3N5O6/c1-42-25-23(36-10-18(34-35-36)12-4-16(30)22(32)17(31)5-12)24(40)21(11-38)43-26(25)27(41)37(19-2-3-33-9-20(19)39)15-7-13(28)6-14(29)8-15/h4-8,10,19-21,23-26,33,38-40H,2-3,9,11H2,1H3/t19-,20-,21+,23-,24-,25+,26+/m0/s1. The Hall–Kier alpha value is -2.82. The molecule has 2 saturated heterocycles. The Bertz CT molecular complexity index is 1440. The number of aromatic nitrogens is 3. The second kappa shape index (κ2) is 13.0. The van der Waals surface area contributed by atoms with Crippen molar-refractivity contribution < 1.29 is 42.8 Å². The maximum absolute atomic E-state index is 14.4. The molecule has 5 rings (SSSR count). The lowest BCUT2D eigenvalue weighted by molar-refractivity contribution is -0.211. The summed E-state index contributed by atoms with van der Waals surface area (Å²) in [4.78, 5) is 15.7. The van der Waals surface area contributed by atoms with Crippen molar-refractivity contribution in [1.29, 1.82) is 0 Å².